The van der Waals surface area contributed by atoms with Crippen molar-refractivity contribution in [3.05, 3.63) is 240 Å². The van der Waals surface area contributed by atoms with Gasteiger partial charge in [-0.15, -0.1) is 26.3 Å². The first-order chi connectivity index (χ1) is 59.2. The second kappa shape index (κ2) is 52.3. The number of hydrogen-bond donors (Lipinski definition) is 8. The number of rotatable bonds is 52. The number of carbonyl (C=O) groups is 4. The van der Waals surface area contributed by atoms with Crippen LogP contribution in [-0.4, -0.2) is 77.0 Å². The Hall–Kier alpha value is -11.8. The van der Waals surface area contributed by atoms with E-state index >= 15 is 4.79 Å². The monoisotopic (exact) mass is 1650 g/mol. The van der Waals surface area contributed by atoms with E-state index in [1.807, 2.05) is 159 Å². The van der Waals surface area contributed by atoms with Gasteiger partial charge in [0.1, 0.15) is 46.0 Å². The van der Waals surface area contributed by atoms with Gasteiger partial charge in [-0.05, 0) is 195 Å². The van der Waals surface area contributed by atoms with Crippen LogP contribution in [0.5, 0.6) is 46.0 Å². The maximum absolute atomic E-state index is 15.2. The fourth-order valence-electron chi connectivity index (χ4n) is 14.3. The molecular formula is C101H130N8O12. The fraction of sp³-hybridized carbons (Fsp3) is 0.406. The van der Waals surface area contributed by atoms with Crippen LogP contribution >= 0.6 is 0 Å². The van der Waals surface area contributed by atoms with Gasteiger partial charge in [0.25, 0.3) is 0 Å². The van der Waals surface area contributed by atoms with E-state index in [1.54, 1.807) is 12.1 Å². The average Bonchev–Trinajstić information content (AvgIpc) is 0.771. The second-order valence-corrected chi connectivity index (χ2v) is 30.9. The fourth-order valence-corrected chi connectivity index (χ4v) is 14.3. The molecule has 0 saturated heterocycles. The van der Waals surface area contributed by atoms with Gasteiger partial charge in [-0.25, -0.2) is 19.2 Å². The molecule has 0 aromatic heterocycles. The highest BCUT2D eigenvalue weighted by molar-refractivity contribution is 6.03. The minimum absolute atomic E-state index is 0.147. The molecule has 8 aromatic rings. The summed E-state index contributed by atoms with van der Waals surface area (Å²) in [6, 6.07) is 41.4. The lowest BCUT2D eigenvalue weighted by atomic mass is 9.90. The standard InChI is InChI=1S/C101H130N8O12/c1-10-18-26-34-48-114-90-42-38-40-83(68-90)103-99(111)106-86-62-76-56-74-60-85(105-98(110)102-82-46-44-73(9)45-47-82)61-75(94(74)118-52-30-22-14-5)57-77-63-87(107-100(112)104-84-41-39-43-91(69-84)115-49-35-27-19-11-2)65-79(96(77)120-54-32-24-16-7)59-81-67-88(66-80(97(81)121-55-33-25-17-8)58-78(64-86)95(76)119-53-31-23-15-6)108-101(113)109-89-70-92(116-50-36-28-20-12-3)72-93(71-89)117-51-37-29-21-13-4/h10-13,38-47,60-72H,1-4,14-37,48-59H2,5-9H3,(H2,102,105,110)(H2,103,106,111)(H2,104,107,112)(H2,108,109,113). The SMILES string of the molecule is C=CCCCCOc1cccc(NC(=O)Nc2cc3c(OCCCCC)c(c2)Cc2cc(NC(=O)Nc4cc(OCCCCC=C)cc(OCCCCC=C)c4)cc(c2OCCCCC)Cc2cc(NC(=O)Nc4cccc(OCCCCC=C)c4)cc(c2OCCCCC)Cc2cc(NC(=O)Nc4ccc(C)cc4)cc(c2OCCCCC)C3)c1. The maximum atomic E-state index is 15.2. The summed E-state index contributed by atoms with van der Waals surface area (Å²) in [6.45, 7) is 29.5. The summed E-state index contributed by atoms with van der Waals surface area (Å²) in [5.74, 6) is 4.66. The molecule has 9 rings (SSSR count). The summed E-state index contributed by atoms with van der Waals surface area (Å²) in [7, 11) is 0. The van der Waals surface area contributed by atoms with Gasteiger partial charge in [0.05, 0.1) is 52.9 Å². The first-order valence-corrected chi connectivity index (χ1v) is 44.0. The van der Waals surface area contributed by atoms with Crippen LogP contribution in [0, 0.1) is 6.92 Å². The van der Waals surface area contributed by atoms with Crippen molar-refractivity contribution < 1.29 is 57.1 Å². The zero-order valence-corrected chi connectivity index (χ0v) is 72.3. The lowest BCUT2D eigenvalue weighted by molar-refractivity contribution is 0.261. The van der Waals surface area contributed by atoms with Crippen LogP contribution in [0.2, 0.25) is 0 Å². The van der Waals surface area contributed by atoms with E-state index in [1.165, 1.54) is 0 Å². The zero-order valence-electron chi connectivity index (χ0n) is 72.3. The summed E-state index contributed by atoms with van der Waals surface area (Å²) in [5, 5.41) is 25.4. The molecule has 8 aromatic carbocycles. The number of amides is 8. The number of benzene rings is 8. The molecule has 1 aliphatic carbocycles. The largest absolute Gasteiger partial charge is 0.494 e. The molecule has 0 radical (unpaired) electrons. The van der Waals surface area contributed by atoms with Gasteiger partial charge < -0.3 is 80.4 Å². The van der Waals surface area contributed by atoms with Crippen LogP contribution < -0.4 is 80.4 Å². The Morgan fingerprint density at radius 3 is 0.769 bits per heavy atom. The quantitative estimate of drug-likeness (QED) is 0.0131. The first-order valence-electron chi connectivity index (χ1n) is 44.0. The lowest BCUT2D eigenvalue weighted by Crippen LogP contribution is -2.21. The molecule has 1 aliphatic rings. The van der Waals surface area contributed by atoms with E-state index in [0.29, 0.717) is 189 Å². The van der Waals surface area contributed by atoms with E-state index in [0.717, 1.165) is 160 Å². The second-order valence-electron chi connectivity index (χ2n) is 30.9. The predicted octanol–water partition coefficient (Wildman–Crippen LogP) is 26.5. The Kier molecular flexibility index (Phi) is 40.2. The molecule has 20 heteroatoms. The number of urea groups is 4. The number of carbonyl (C=O) groups excluding carboxylic acids is 4. The molecule has 0 saturated carbocycles. The topological polar surface area (TPSA) is 238 Å². The molecule has 0 heterocycles. The van der Waals surface area contributed by atoms with Crippen molar-refractivity contribution in [2.75, 3.05) is 95.4 Å². The van der Waals surface area contributed by atoms with Crippen molar-refractivity contribution in [1.29, 1.82) is 0 Å². The van der Waals surface area contributed by atoms with Gasteiger partial charge in [0.15, 0.2) is 0 Å². The number of fused-ring (bicyclic) bond motifs is 8. The third-order valence-electron chi connectivity index (χ3n) is 20.4. The molecule has 8 amide bonds. The number of aryl methyl sites for hydroxylation is 1. The van der Waals surface area contributed by atoms with Crippen molar-refractivity contribution in [2.45, 2.75) is 214 Å². The number of hydrogen-bond acceptors (Lipinski definition) is 12. The highest BCUT2D eigenvalue weighted by Crippen LogP contribution is 2.44. The Morgan fingerprint density at radius 1 is 0.264 bits per heavy atom. The molecule has 121 heavy (non-hydrogen) atoms. The molecule has 8 bridgehead atoms. The Balaban J connectivity index is 1.29. The number of allylic oxidation sites excluding steroid dienone is 4. The summed E-state index contributed by atoms with van der Waals surface area (Å²) >= 11 is 0. The van der Waals surface area contributed by atoms with Gasteiger partial charge in [-0.3, -0.25) is 0 Å². The normalized spacial score (nSPS) is 11.4. The van der Waals surface area contributed by atoms with Crippen molar-refractivity contribution in [3.8, 4) is 46.0 Å². The van der Waals surface area contributed by atoms with Crippen LogP contribution in [0.3, 0.4) is 0 Å². The number of nitrogens with one attached hydrogen (secondary N) is 8. The third-order valence-corrected chi connectivity index (χ3v) is 20.4. The molecule has 8 N–H and O–H groups in total. The van der Waals surface area contributed by atoms with Gasteiger partial charge in [0, 0.05) is 146 Å². The van der Waals surface area contributed by atoms with Crippen molar-refractivity contribution in [3.63, 3.8) is 0 Å². The Labute approximate surface area is 718 Å². The number of ether oxygens (including phenoxy) is 8. The molecule has 0 unspecified atom stereocenters. The van der Waals surface area contributed by atoms with E-state index in [2.05, 4.69) is 96.5 Å². The van der Waals surface area contributed by atoms with Gasteiger partial charge >= 0.3 is 24.1 Å². The van der Waals surface area contributed by atoms with Crippen molar-refractivity contribution >= 4 is 69.6 Å². The number of unbranched alkanes of at least 4 members (excludes halogenated alkanes) is 16. The summed E-state index contributed by atoms with van der Waals surface area (Å²) in [4.78, 5) is 59.5. The van der Waals surface area contributed by atoms with Crippen LogP contribution in [0.4, 0.5) is 64.7 Å². The molecule has 0 atom stereocenters. The highest BCUT2D eigenvalue weighted by atomic mass is 16.5. The molecule has 0 aliphatic heterocycles. The smallest absolute Gasteiger partial charge is 0.323 e. The predicted molar refractivity (Wildman–Crippen MR) is 496 cm³/mol. The van der Waals surface area contributed by atoms with Crippen molar-refractivity contribution in [2.24, 2.45) is 0 Å². The Morgan fingerprint density at radius 2 is 0.496 bits per heavy atom. The minimum atomic E-state index is -0.536. The third kappa shape index (κ3) is 32.4. The van der Waals surface area contributed by atoms with Gasteiger partial charge in [0.2, 0.25) is 0 Å². The lowest BCUT2D eigenvalue weighted by Gasteiger charge is -2.25. The van der Waals surface area contributed by atoms with Gasteiger partial charge in [-0.1, -0.05) is 133 Å². The van der Waals surface area contributed by atoms with E-state index in [4.69, 9.17) is 37.9 Å². The summed E-state index contributed by atoms with van der Waals surface area (Å²) in [6.07, 6.45) is 29.2. The molecule has 646 valence electrons. The van der Waals surface area contributed by atoms with Crippen molar-refractivity contribution in [1.82, 2.24) is 0 Å². The van der Waals surface area contributed by atoms with Crippen LogP contribution in [-0.2, 0) is 25.7 Å². The van der Waals surface area contributed by atoms with E-state index in [9.17, 15) is 14.4 Å². The Bertz CT molecular complexity index is 4410. The highest BCUT2D eigenvalue weighted by Gasteiger charge is 2.27. The molecular weight excluding hydrogens is 1520 g/mol. The average molecular weight is 1650 g/mol. The number of anilines is 8. The van der Waals surface area contributed by atoms with E-state index < -0.39 is 24.1 Å². The minimum Gasteiger partial charge on any atom is -0.494 e. The summed E-state index contributed by atoms with van der Waals surface area (Å²) < 4.78 is 54.0. The van der Waals surface area contributed by atoms with E-state index in [-0.39, 0.29) is 25.7 Å². The maximum Gasteiger partial charge on any atom is 0.323 e. The van der Waals surface area contributed by atoms with Crippen LogP contribution in [0.15, 0.2) is 190 Å². The van der Waals surface area contributed by atoms with Crippen LogP contribution in [0.1, 0.15) is 232 Å². The van der Waals surface area contributed by atoms with Crippen LogP contribution in [0.25, 0.3) is 0 Å². The summed E-state index contributed by atoms with van der Waals surface area (Å²) in [5.41, 5.74) is 10.6. The molecule has 0 spiro atoms. The zero-order chi connectivity index (χ0) is 85.6. The molecule has 0 fully saturated rings. The first kappa shape index (κ1) is 93.1. The van der Waals surface area contributed by atoms with Gasteiger partial charge in [-0.2, -0.15) is 0 Å². The molecule has 20 nitrogen and oxygen atoms in total.